The van der Waals surface area contributed by atoms with Crippen molar-refractivity contribution in [3.05, 3.63) is 53.9 Å². The van der Waals surface area contributed by atoms with Crippen LogP contribution in [0, 0.1) is 0 Å². The van der Waals surface area contributed by atoms with Gasteiger partial charge in [-0.2, -0.15) is 5.10 Å². The van der Waals surface area contributed by atoms with Gasteiger partial charge in [-0.05, 0) is 11.6 Å². The molecule has 18 heavy (non-hydrogen) atoms. The molecule has 94 valence electrons. The molecule has 5 nitrogen and oxygen atoms in total. The van der Waals surface area contributed by atoms with Crippen LogP contribution in [0.4, 0.5) is 0 Å². The number of aromatic nitrogens is 2. The molecular weight excluding hydrogens is 230 g/mol. The number of aliphatic hydroxyl groups excluding tert-OH is 1. The van der Waals surface area contributed by atoms with E-state index in [1.165, 1.54) is 0 Å². The van der Waals surface area contributed by atoms with Crippen LogP contribution in [-0.4, -0.2) is 27.4 Å². The molecule has 5 heteroatoms. The quantitative estimate of drug-likeness (QED) is 0.840. The van der Waals surface area contributed by atoms with Gasteiger partial charge in [-0.15, -0.1) is 0 Å². The number of hydrogen-bond acceptors (Lipinski definition) is 3. The minimum Gasteiger partial charge on any atom is -0.394 e. The number of amides is 1. The molecule has 1 heterocycles. The van der Waals surface area contributed by atoms with E-state index < -0.39 is 6.04 Å². The highest BCUT2D eigenvalue weighted by Crippen LogP contribution is 2.12. The summed E-state index contributed by atoms with van der Waals surface area (Å²) < 4.78 is 1.56. The normalized spacial score (nSPS) is 12.1. The Hall–Kier alpha value is -2.14. The van der Waals surface area contributed by atoms with Crippen molar-refractivity contribution in [2.45, 2.75) is 6.04 Å². The van der Waals surface area contributed by atoms with Crippen molar-refractivity contribution in [1.29, 1.82) is 0 Å². The third-order valence-electron chi connectivity index (χ3n) is 2.64. The lowest BCUT2D eigenvalue weighted by Gasteiger charge is -2.15. The van der Waals surface area contributed by atoms with Crippen LogP contribution >= 0.6 is 0 Å². The van der Waals surface area contributed by atoms with Gasteiger partial charge in [-0.1, -0.05) is 30.3 Å². The lowest BCUT2D eigenvalue weighted by molar-refractivity contribution is 0.0910. The number of nitrogens with zero attached hydrogens (tertiary/aromatic N) is 2. The number of hydrogen-bond donors (Lipinski definition) is 2. The Labute approximate surface area is 105 Å². The first kappa shape index (κ1) is 12.3. The molecule has 0 saturated heterocycles. The lowest BCUT2D eigenvalue weighted by Crippen LogP contribution is -2.31. The molecule has 0 aliphatic rings. The zero-order valence-electron chi connectivity index (χ0n) is 10.1. The zero-order chi connectivity index (χ0) is 13.0. The van der Waals surface area contributed by atoms with Crippen molar-refractivity contribution in [2.24, 2.45) is 7.05 Å². The fourth-order valence-electron chi connectivity index (χ4n) is 1.69. The van der Waals surface area contributed by atoms with E-state index >= 15 is 0 Å². The molecule has 1 amide bonds. The molecule has 2 aromatic rings. The van der Waals surface area contributed by atoms with E-state index in [0.717, 1.165) is 5.56 Å². The summed E-state index contributed by atoms with van der Waals surface area (Å²) in [4.78, 5) is 11.9. The van der Waals surface area contributed by atoms with Crippen molar-refractivity contribution in [2.75, 3.05) is 6.61 Å². The van der Waals surface area contributed by atoms with Crippen molar-refractivity contribution in [3.8, 4) is 0 Å². The molecule has 0 bridgehead atoms. The monoisotopic (exact) mass is 245 g/mol. The van der Waals surface area contributed by atoms with Crippen molar-refractivity contribution >= 4 is 5.91 Å². The van der Waals surface area contributed by atoms with Gasteiger partial charge in [0.1, 0.15) is 5.69 Å². The standard InChI is InChI=1S/C13H15N3O2/c1-16-8-7-11(15-16)13(18)14-12(9-17)10-5-3-2-4-6-10/h2-8,12,17H,9H2,1H3,(H,14,18). The Balaban J connectivity index is 2.10. The van der Waals surface area contributed by atoms with E-state index in [4.69, 9.17) is 0 Å². The molecule has 0 fully saturated rings. The first-order valence-electron chi connectivity index (χ1n) is 5.67. The van der Waals surface area contributed by atoms with Gasteiger partial charge in [-0.25, -0.2) is 0 Å². The SMILES string of the molecule is Cn1ccc(C(=O)NC(CO)c2ccccc2)n1. The molecular formula is C13H15N3O2. The van der Waals surface area contributed by atoms with Gasteiger partial charge in [0, 0.05) is 13.2 Å². The summed E-state index contributed by atoms with van der Waals surface area (Å²) in [6.45, 7) is -0.150. The third-order valence-corrected chi connectivity index (χ3v) is 2.64. The second-order valence-corrected chi connectivity index (χ2v) is 3.99. The third kappa shape index (κ3) is 2.75. The Kier molecular flexibility index (Phi) is 3.74. The van der Waals surface area contributed by atoms with Crippen LogP contribution in [0.2, 0.25) is 0 Å². The molecule has 1 atom stereocenters. The molecule has 0 aliphatic heterocycles. The second-order valence-electron chi connectivity index (χ2n) is 3.99. The molecule has 0 radical (unpaired) electrons. The average molecular weight is 245 g/mol. The highest BCUT2D eigenvalue weighted by atomic mass is 16.3. The van der Waals surface area contributed by atoms with Gasteiger partial charge >= 0.3 is 0 Å². The Morgan fingerprint density at radius 1 is 1.39 bits per heavy atom. The van der Waals surface area contributed by atoms with Crippen LogP contribution < -0.4 is 5.32 Å². The van der Waals surface area contributed by atoms with Crippen LogP contribution in [0.5, 0.6) is 0 Å². The molecule has 1 aromatic heterocycles. The first-order chi connectivity index (χ1) is 8.70. The summed E-state index contributed by atoms with van der Waals surface area (Å²) in [6.07, 6.45) is 1.70. The van der Waals surface area contributed by atoms with Gasteiger partial charge in [-0.3, -0.25) is 9.48 Å². The molecule has 0 aliphatic carbocycles. The van der Waals surface area contributed by atoms with Crippen LogP contribution in [0.3, 0.4) is 0 Å². The van der Waals surface area contributed by atoms with Crippen LogP contribution in [0.1, 0.15) is 22.1 Å². The average Bonchev–Trinajstić information content (AvgIpc) is 2.83. The number of rotatable bonds is 4. The highest BCUT2D eigenvalue weighted by molar-refractivity contribution is 5.92. The maximum Gasteiger partial charge on any atom is 0.272 e. The van der Waals surface area contributed by atoms with E-state index in [1.807, 2.05) is 30.3 Å². The van der Waals surface area contributed by atoms with E-state index in [-0.39, 0.29) is 12.5 Å². The summed E-state index contributed by atoms with van der Waals surface area (Å²) in [6, 6.07) is 10.6. The summed E-state index contributed by atoms with van der Waals surface area (Å²) in [5.41, 5.74) is 1.20. The maximum absolute atomic E-state index is 11.9. The summed E-state index contributed by atoms with van der Waals surface area (Å²) in [5.74, 6) is -0.293. The van der Waals surface area contributed by atoms with Crippen LogP contribution in [0.15, 0.2) is 42.6 Å². The molecule has 1 aromatic carbocycles. The van der Waals surface area contributed by atoms with E-state index in [1.54, 1.807) is 24.0 Å². The fourth-order valence-corrected chi connectivity index (χ4v) is 1.69. The minimum atomic E-state index is -0.416. The van der Waals surface area contributed by atoms with Crippen LogP contribution in [0.25, 0.3) is 0 Å². The molecule has 1 unspecified atom stereocenters. The second kappa shape index (κ2) is 5.46. The minimum absolute atomic E-state index is 0.150. The predicted molar refractivity (Wildman–Crippen MR) is 66.9 cm³/mol. The van der Waals surface area contributed by atoms with Crippen molar-refractivity contribution in [1.82, 2.24) is 15.1 Å². The van der Waals surface area contributed by atoms with Crippen molar-refractivity contribution in [3.63, 3.8) is 0 Å². The Bertz CT molecular complexity index is 522. The summed E-state index contributed by atoms with van der Waals surface area (Å²) in [7, 11) is 1.75. The van der Waals surface area contributed by atoms with Gasteiger partial charge in [0.05, 0.1) is 12.6 Å². The van der Waals surface area contributed by atoms with Gasteiger partial charge in [0.25, 0.3) is 5.91 Å². The maximum atomic E-state index is 11.9. The van der Waals surface area contributed by atoms with Gasteiger partial charge < -0.3 is 10.4 Å². The summed E-state index contributed by atoms with van der Waals surface area (Å²) >= 11 is 0. The van der Waals surface area contributed by atoms with Crippen LogP contribution in [-0.2, 0) is 7.05 Å². The number of aliphatic hydroxyl groups is 1. The van der Waals surface area contributed by atoms with E-state index in [2.05, 4.69) is 10.4 Å². The zero-order valence-corrected chi connectivity index (χ0v) is 10.1. The Morgan fingerprint density at radius 3 is 2.67 bits per heavy atom. The fraction of sp³-hybridized carbons (Fsp3) is 0.231. The number of nitrogens with one attached hydrogen (secondary N) is 1. The number of aryl methyl sites for hydroxylation is 1. The predicted octanol–water partition coefficient (Wildman–Crippen LogP) is 0.883. The number of carbonyl (C=O) groups excluding carboxylic acids is 1. The largest absolute Gasteiger partial charge is 0.394 e. The highest BCUT2D eigenvalue weighted by Gasteiger charge is 2.16. The van der Waals surface area contributed by atoms with Gasteiger partial charge in [0.15, 0.2) is 0 Å². The topological polar surface area (TPSA) is 67.2 Å². The lowest BCUT2D eigenvalue weighted by atomic mass is 10.1. The molecule has 2 rings (SSSR count). The van der Waals surface area contributed by atoms with E-state index in [9.17, 15) is 9.90 Å². The van der Waals surface area contributed by atoms with Crippen molar-refractivity contribution < 1.29 is 9.90 Å². The number of carbonyl (C=O) groups is 1. The molecule has 2 N–H and O–H groups in total. The Morgan fingerprint density at radius 2 is 2.11 bits per heavy atom. The summed E-state index contributed by atoms with van der Waals surface area (Å²) in [5, 5.41) is 16.1. The number of benzene rings is 1. The van der Waals surface area contributed by atoms with E-state index in [0.29, 0.717) is 5.69 Å². The molecule has 0 saturated carbocycles. The molecule has 0 spiro atoms. The first-order valence-corrected chi connectivity index (χ1v) is 5.67. The van der Waals surface area contributed by atoms with Gasteiger partial charge in [0.2, 0.25) is 0 Å². The smallest absolute Gasteiger partial charge is 0.272 e.